The average molecular weight is 348 g/mol. The van der Waals surface area contributed by atoms with Gasteiger partial charge in [-0.3, -0.25) is 4.99 Å². The van der Waals surface area contributed by atoms with Crippen LogP contribution in [0.3, 0.4) is 0 Å². The maximum Gasteiger partial charge on any atom is 0.344 e. The van der Waals surface area contributed by atoms with Gasteiger partial charge >= 0.3 is 5.97 Å². The van der Waals surface area contributed by atoms with Gasteiger partial charge in [-0.05, 0) is 43.7 Å². The molecule has 0 fully saturated rings. The molecule has 1 N–H and O–H groups in total. The second-order valence-electron chi connectivity index (χ2n) is 5.12. The third-order valence-corrected chi connectivity index (χ3v) is 3.86. The van der Waals surface area contributed by atoms with Crippen molar-refractivity contribution in [3.63, 3.8) is 0 Å². The summed E-state index contributed by atoms with van der Waals surface area (Å²) in [7, 11) is 1.50. The van der Waals surface area contributed by atoms with E-state index in [0.29, 0.717) is 22.1 Å². The minimum Gasteiger partial charge on any atom is -0.493 e. The zero-order valence-corrected chi connectivity index (χ0v) is 14.4. The fraction of sp³-hybridized carbons (Fsp3) is 0.222. The van der Waals surface area contributed by atoms with Crippen LogP contribution in [0.15, 0.2) is 41.4 Å². The molecule has 2 aromatic carbocycles. The van der Waals surface area contributed by atoms with Gasteiger partial charge in [0.15, 0.2) is 17.6 Å². The molecular formula is C18H18ClNO4. The summed E-state index contributed by atoms with van der Waals surface area (Å²) in [4.78, 5) is 15.5. The average Bonchev–Trinajstić information content (AvgIpc) is 2.56. The number of benzene rings is 2. The highest BCUT2D eigenvalue weighted by Gasteiger charge is 2.17. The van der Waals surface area contributed by atoms with E-state index in [1.807, 2.05) is 19.1 Å². The van der Waals surface area contributed by atoms with Crippen LogP contribution in [-0.4, -0.2) is 30.5 Å². The molecular weight excluding hydrogens is 330 g/mol. The Hall–Kier alpha value is -2.53. The van der Waals surface area contributed by atoms with E-state index < -0.39 is 12.1 Å². The van der Waals surface area contributed by atoms with Crippen molar-refractivity contribution in [3.8, 4) is 11.5 Å². The quantitative estimate of drug-likeness (QED) is 0.793. The van der Waals surface area contributed by atoms with Gasteiger partial charge in [-0.1, -0.05) is 23.7 Å². The summed E-state index contributed by atoms with van der Waals surface area (Å²) in [6, 6.07) is 10.7. The van der Waals surface area contributed by atoms with Crippen LogP contribution >= 0.6 is 11.6 Å². The number of hydrogen-bond acceptors (Lipinski definition) is 4. The number of nitrogens with zero attached hydrogens (tertiary/aromatic N) is 1. The van der Waals surface area contributed by atoms with E-state index in [1.165, 1.54) is 14.0 Å². The topological polar surface area (TPSA) is 68.1 Å². The summed E-state index contributed by atoms with van der Waals surface area (Å²) in [6.07, 6.45) is 0.590. The molecule has 5 nitrogen and oxygen atoms in total. The monoisotopic (exact) mass is 347 g/mol. The maximum atomic E-state index is 11.1. The lowest BCUT2D eigenvalue weighted by atomic mass is 10.2. The molecule has 0 aliphatic heterocycles. The zero-order valence-electron chi connectivity index (χ0n) is 13.6. The van der Waals surface area contributed by atoms with Gasteiger partial charge in [-0.15, -0.1) is 0 Å². The molecule has 0 amide bonds. The van der Waals surface area contributed by atoms with Crippen molar-refractivity contribution in [2.45, 2.75) is 20.0 Å². The number of hydrogen-bond donors (Lipinski definition) is 1. The summed E-state index contributed by atoms with van der Waals surface area (Å²) < 4.78 is 10.8. The van der Waals surface area contributed by atoms with E-state index in [2.05, 4.69) is 4.99 Å². The predicted octanol–water partition coefficient (Wildman–Crippen LogP) is 4.26. The SMILES string of the molecule is COc1cccc(C=Nc2cccc(Cl)c2C)c1O[C@H](C)C(=O)O. The highest BCUT2D eigenvalue weighted by molar-refractivity contribution is 6.31. The van der Waals surface area contributed by atoms with E-state index in [4.69, 9.17) is 26.2 Å². The van der Waals surface area contributed by atoms with Gasteiger partial charge in [0.2, 0.25) is 0 Å². The molecule has 0 aromatic heterocycles. The first kappa shape index (κ1) is 17.8. The normalized spacial score (nSPS) is 12.2. The largest absolute Gasteiger partial charge is 0.493 e. The van der Waals surface area contributed by atoms with Gasteiger partial charge in [-0.25, -0.2) is 4.79 Å². The molecule has 6 heteroatoms. The zero-order chi connectivity index (χ0) is 17.7. The van der Waals surface area contributed by atoms with Gasteiger partial charge in [0.25, 0.3) is 0 Å². The van der Waals surface area contributed by atoms with E-state index >= 15 is 0 Å². The molecule has 0 aliphatic carbocycles. The predicted molar refractivity (Wildman–Crippen MR) is 94.2 cm³/mol. The summed E-state index contributed by atoms with van der Waals surface area (Å²) >= 11 is 6.09. The van der Waals surface area contributed by atoms with Crippen LogP contribution in [0.25, 0.3) is 0 Å². The number of methoxy groups -OCH3 is 1. The second-order valence-corrected chi connectivity index (χ2v) is 5.53. The molecule has 0 heterocycles. The number of para-hydroxylation sites is 1. The number of halogens is 1. The van der Waals surface area contributed by atoms with Crippen molar-refractivity contribution in [2.24, 2.45) is 4.99 Å². The summed E-state index contributed by atoms with van der Waals surface area (Å²) in [6.45, 7) is 3.33. The molecule has 0 saturated carbocycles. The lowest BCUT2D eigenvalue weighted by Gasteiger charge is -2.15. The third-order valence-electron chi connectivity index (χ3n) is 3.45. The molecule has 2 rings (SSSR count). The first-order valence-corrected chi connectivity index (χ1v) is 7.67. The van der Waals surface area contributed by atoms with Crippen LogP contribution in [0.1, 0.15) is 18.1 Å². The number of carboxylic acid groups (broad SMARTS) is 1. The fourth-order valence-corrected chi connectivity index (χ4v) is 2.19. The van der Waals surface area contributed by atoms with Crippen molar-refractivity contribution < 1.29 is 19.4 Å². The van der Waals surface area contributed by atoms with Crippen molar-refractivity contribution in [2.75, 3.05) is 7.11 Å². The van der Waals surface area contributed by atoms with E-state index in [0.717, 1.165) is 11.3 Å². The number of ether oxygens (including phenoxy) is 2. The summed E-state index contributed by atoms with van der Waals surface area (Å²) in [5.41, 5.74) is 2.20. The molecule has 0 bridgehead atoms. The summed E-state index contributed by atoms with van der Waals surface area (Å²) in [5.74, 6) is -0.289. The Labute approximate surface area is 145 Å². The number of rotatable bonds is 6. The maximum absolute atomic E-state index is 11.1. The molecule has 0 aliphatic rings. The van der Waals surface area contributed by atoms with E-state index in [-0.39, 0.29) is 0 Å². The Kier molecular flexibility index (Phi) is 5.82. The van der Waals surface area contributed by atoms with Gasteiger partial charge < -0.3 is 14.6 Å². The Balaban J connectivity index is 2.40. The summed E-state index contributed by atoms with van der Waals surface area (Å²) in [5, 5.41) is 9.69. The van der Waals surface area contributed by atoms with Crippen LogP contribution < -0.4 is 9.47 Å². The van der Waals surface area contributed by atoms with E-state index in [1.54, 1.807) is 30.5 Å². The number of carboxylic acids is 1. The van der Waals surface area contributed by atoms with Crippen LogP contribution in [0.5, 0.6) is 11.5 Å². The van der Waals surface area contributed by atoms with E-state index in [9.17, 15) is 4.79 Å². The lowest BCUT2D eigenvalue weighted by Crippen LogP contribution is -2.23. The van der Waals surface area contributed by atoms with Gasteiger partial charge in [-0.2, -0.15) is 0 Å². The highest BCUT2D eigenvalue weighted by Crippen LogP contribution is 2.32. The van der Waals surface area contributed by atoms with Crippen LogP contribution in [0.4, 0.5) is 5.69 Å². The number of aliphatic carboxylic acids is 1. The lowest BCUT2D eigenvalue weighted by molar-refractivity contribution is -0.144. The fourth-order valence-electron chi connectivity index (χ4n) is 2.02. The van der Waals surface area contributed by atoms with Crippen LogP contribution in [0.2, 0.25) is 5.02 Å². The highest BCUT2D eigenvalue weighted by atomic mass is 35.5. The Morgan fingerprint density at radius 1 is 1.29 bits per heavy atom. The Bertz CT molecular complexity index is 774. The third kappa shape index (κ3) is 4.06. The Morgan fingerprint density at radius 2 is 2.00 bits per heavy atom. The molecule has 0 spiro atoms. The van der Waals surface area contributed by atoms with Crippen molar-refractivity contribution >= 4 is 29.5 Å². The van der Waals surface area contributed by atoms with Gasteiger partial charge in [0, 0.05) is 16.8 Å². The smallest absolute Gasteiger partial charge is 0.344 e. The van der Waals surface area contributed by atoms with Crippen molar-refractivity contribution in [1.82, 2.24) is 0 Å². The van der Waals surface area contributed by atoms with Crippen molar-refractivity contribution in [1.29, 1.82) is 0 Å². The Morgan fingerprint density at radius 3 is 2.67 bits per heavy atom. The van der Waals surface area contributed by atoms with Crippen LogP contribution in [0, 0.1) is 6.92 Å². The van der Waals surface area contributed by atoms with Crippen LogP contribution in [-0.2, 0) is 4.79 Å². The standard InChI is InChI=1S/C18H18ClNO4/c1-11-14(19)7-5-8-15(11)20-10-13-6-4-9-16(23-3)17(13)24-12(2)18(21)22/h4-10,12H,1-3H3,(H,21,22)/t12-/m1/s1. The molecule has 2 aromatic rings. The molecule has 0 unspecified atom stereocenters. The molecule has 1 atom stereocenters. The number of carbonyl (C=O) groups is 1. The molecule has 0 radical (unpaired) electrons. The molecule has 0 saturated heterocycles. The minimum absolute atomic E-state index is 0.332. The van der Waals surface area contributed by atoms with Gasteiger partial charge in [0.1, 0.15) is 0 Å². The number of aliphatic imine (C=N–C) groups is 1. The second kappa shape index (κ2) is 7.84. The van der Waals surface area contributed by atoms with Gasteiger partial charge in [0.05, 0.1) is 12.8 Å². The minimum atomic E-state index is -1.06. The van der Waals surface area contributed by atoms with Crippen molar-refractivity contribution in [3.05, 3.63) is 52.5 Å². The molecule has 24 heavy (non-hydrogen) atoms. The first-order valence-electron chi connectivity index (χ1n) is 7.29. The first-order chi connectivity index (χ1) is 11.4. The molecule has 126 valence electrons.